The van der Waals surface area contributed by atoms with Crippen molar-refractivity contribution in [2.24, 2.45) is 11.5 Å². The minimum atomic E-state index is -1.12. The number of hydrogen-bond acceptors (Lipinski definition) is 6. The summed E-state index contributed by atoms with van der Waals surface area (Å²) in [6.07, 6.45) is -0.0818. The first-order chi connectivity index (χ1) is 18.3. The normalized spacial score (nSPS) is 27.1. The summed E-state index contributed by atoms with van der Waals surface area (Å²) in [6.45, 7) is 0. The fourth-order valence-electron chi connectivity index (χ4n) is 5.20. The lowest BCUT2D eigenvalue weighted by molar-refractivity contribution is -0.130. The molecule has 8 N–H and O–H groups in total. The molecular weight excluding hydrogens is 480 g/mol. The van der Waals surface area contributed by atoms with E-state index >= 15 is 0 Å². The van der Waals surface area contributed by atoms with Gasteiger partial charge in [0.05, 0.1) is 11.7 Å². The monoisotopic (exact) mass is 512 g/mol. The Labute approximate surface area is 221 Å². The van der Waals surface area contributed by atoms with Crippen molar-refractivity contribution in [3.05, 3.63) is 102 Å². The van der Waals surface area contributed by atoms with Gasteiger partial charge in [0.2, 0.25) is 17.7 Å². The van der Waals surface area contributed by atoms with E-state index in [9.17, 15) is 14.4 Å². The number of fused-ring (bicyclic) bond motifs is 1. The lowest BCUT2D eigenvalue weighted by Gasteiger charge is -2.33. The van der Waals surface area contributed by atoms with Gasteiger partial charge >= 0.3 is 0 Å². The summed E-state index contributed by atoms with van der Waals surface area (Å²) in [7, 11) is 0. The Morgan fingerprint density at radius 3 is 1.61 bits per heavy atom. The first-order valence-electron chi connectivity index (χ1n) is 12.7. The predicted octanol–water partition coefficient (Wildman–Crippen LogP) is 0.894. The van der Waals surface area contributed by atoms with Gasteiger partial charge in [-0.3, -0.25) is 14.4 Å². The molecule has 0 aliphatic carbocycles. The second-order valence-electron chi connectivity index (χ2n) is 9.98. The highest BCUT2D eigenvalue weighted by molar-refractivity contribution is 5.97. The quantitative estimate of drug-likeness (QED) is 0.289. The zero-order valence-electron chi connectivity index (χ0n) is 20.9. The maximum absolute atomic E-state index is 13.6. The van der Waals surface area contributed by atoms with E-state index in [2.05, 4.69) is 21.3 Å². The fraction of sp³-hybridized carbons (Fsp3) is 0.276. The van der Waals surface area contributed by atoms with Gasteiger partial charge in [0, 0.05) is 24.9 Å². The van der Waals surface area contributed by atoms with Crippen LogP contribution in [0.3, 0.4) is 0 Å². The molecule has 38 heavy (non-hydrogen) atoms. The smallest absolute Gasteiger partial charge is 0.243 e. The van der Waals surface area contributed by atoms with E-state index in [-0.39, 0.29) is 19.3 Å². The Balaban J connectivity index is 1.46. The lowest BCUT2D eigenvalue weighted by atomic mass is 9.84. The largest absolute Gasteiger partial charge is 0.368 e. The van der Waals surface area contributed by atoms with Crippen LogP contribution in [0.5, 0.6) is 0 Å². The molecule has 5 rings (SSSR count). The molecule has 1 unspecified atom stereocenters. The minimum Gasteiger partial charge on any atom is -0.368 e. The number of carbonyl (C=O) groups excluding carboxylic acids is 3. The van der Waals surface area contributed by atoms with Crippen LogP contribution in [0.15, 0.2) is 84.9 Å². The third kappa shape index (κ3) is 5.25. The van der Waals surface area contributed by atoms with Gasteiger partial charge in [-0.1, -0.05) is 78.9 Å². The number of anilines is 1. The summed E-state index contributed by atoms with van der Waals surface area (Å²) in [5.74, 6) is -1.37. The topological polar surface area (TPSA) is 151 Å². The van der Waals surface area contributed by atoms with Gasteiger partial charge in [0.1, 0.15) is 18.1 Å². The molecular formula is C29H32N6O3. The van der Waals surface area contributed by atoms with Crippen molar-refractivity contribution in [1.82, 2.24) is 16.0 Å². The van der Waals surface area contributed by atoms with Crippen molar-refractivity contribution >= 4 is 23.4 Å². The van der Waals surface area contributed by atoms with Crippen LogP contribution in [0.2, 0.25) is 0 Å². The summed E-state index contributed by atoms with van der Waals surface area (Å²) in [4.78, 5) is 40.5. The molecule has 2 aliphatic heterocycles. The summed E-state index contributed by atoms with van der Waals surface area (Å²) >= 11 is 0. The van der Waals surface area contributed by atoms with Gasteiger partial charge < -0.3 is 32.7 Å². The van der Waals surface area contributed by atoms with E-state index in [1.807, 2.05) is 84.9 Å². The molecule has 2 heterocycles. The molecule has 5 atom stereocenters. The molecule has 3 amide bonds. The summed E-state index contributed by atoms with van der Waals surface area (Å²) in [5.41, 5.74) is 15.4. The van der Waals surface area contributed by atoms with Crippen LogP contribution in [-0.4, -0.2) is 42.0 Å². The molecule has 0 aromatic heterocycles. The Morgan fingerprint density at radius 2 is 1.05 bits per heavy atom. The van der Waals surface area contributed by atoms with Crippen molar-refractivity contribution in [3.63, 3.8) is 0 Å². The Bertz CT molecular complexity index is 1280. The van der Waals surface area contributed by atoms with Gasteiger partial charge in [0.25, 0.3) is 0 Å². The molecule has 0 bridgehead atoms. The molecule has 0 saturated carbocycles. The van der Waals surface area contributed by atoms with Gasteiger partial charge in [-0.2, -0.15) is 0 Å². The summed E-state index contributed by atoms with van der Waals surface area (Å²) in [6, 6.07) is 23.5. The Hall–Kier alpha value is -4.21. The van der Waals surface area contributed by atoms with E-state index in [0.29, 0.717) is 0 Å². The average Bonchev–Trinajstić information content (AvgIpc) is 3.18. The molecule has 0 radical (unpaired) electrons. The predicted molar refractivity (Wildman–Crippen MR) is 145 cm³/mol. The SMILES string of the molecule is N[C@H]1Nc2ccccc2[C@]1(N)C[C@@H]1NC(=O)[C@@H](Cc2ccccc2)NC(=O)C(Cc2ccccc2)NC1=O. The number of para-hydroxylation sites is 1. The first-order valence-corrected chi connectivity index (χ1v) is 12.7. The standard InChI is InChI=1S/C29H32N6O3/c30-28-29(31,20-13-7-8-14-21(20)35-28)17-24-27(38)33-22(15-18-9-3-1-4-10-18)25(36)32-23(26(37)34-24)16-19-11-5-2-6-12-19/h1-14,22-24,28,35H,15-17,30-31H2,(H,32,36)(H,33,38)(H,34,37)/t22?,23-,24+,28+,29-/m1/s1. The number of nitrogens with two attached hydrogens (primary N) is 2. The summed E-state index contributed by atoms with van der Waals surface area (Å²) < 4.78 is 0. The minimum absolute atomic E-state index is 0.0417. The van der Waals surface area contributed by atoms with E-state index in [1.165, 1.54) is 0 Å². The third-order valence-electron chi connectivity index (χ3n) is 7.30. The van der Waals surface area contributed by atoms with Gasteiger partial charge in [0.15, 0.2) is 0 Å². The molecule has 1 saturated heterocycles. The van der Waals surface area contributed by atoms with Gasteiger partial charge in [-0.05, 0) is 22.8 Å². The van der Waals surface area contributed by atoms with E-state index in [1.54, 1.807) is 0 Å². The van der Waals surface area contributed by atoms with Crippen molar-refractivity contribution in [1.29, 1.82) is 0 Å². The average molecular weight is 513 g/mol. The van der Waals surface area contributed by atoms with E-state index < -0.39 is 47.6 Å². The molecule has 3 aromatic rings. The number of amides is 3. The van der Waals surface area contributed by atoms with Crippen molar-refractivity contribution < 1.29 is 14.4 Å². The molecule has 1 fully saturated rings. The number of carbonyl (C=O) groups is 3. The van der Waals surface area contributed by atoms with Crippen molar-refractivity contribution in [2.45, 2.75) is 49.1 Å². The molecule has 196 valence electrons. The van der Waals surface area contributed by atoms with Gasteiger partial charge in [-0.25, -0.2) is 0 Å². The first kappa shape index (κ1) is 25.4. The molecule has 9 heteroatoms. The number of rotatable bonds is 6. The maximum Gasteiger partial charge on any atom is 0.243 e. The van der Waals surface area contributed by atoms with Crippen LogP contribution in [0.1, 0.15) is 23.1 Å². The van der Waals surface area contributed by atoms with E-state index in [4.69, 9.17) is 11.5 Å². The fourth-order valence-corrected chi connectivity index (χ4v) is 5.20. The number of benzene rings is 3. The van der Waals surface area contributed by atoms with Crippen molar-refractivity contribution in [2.75, 3.05) is 5.32 Å². The zero-order chi connectivity index (χ0) is 26.7. The lowest BCUT2D eigenvalue weighted by Crippen LogP contribution is -2.59. The highest BCUT2D eigenvalue weighted by atomic mass is 16.2. The highest BCUT2D eigenvalue weighted by Crippen LogP contribution is 2.38. The number of hydrogen-bond donors (Lipinski definition) is 6. The molecule has 2 aliphatic rings. The second kappa shape index (κ2) is 10.6. The Kier molecular flexibility index (Phi) is 7.13. The summed E-state index contributed by atoms with van der Waals surface area (Å²) in [5, 5.41) is 11.8. The second-order valence-corrected chi connectivity index (χ2v) is 9.98. The van der Waals surface area contributed by atoms with Crippen LogP contribution in [0, 0.1) is 0 Å². The third-order valence-corrected chi connectivity index (χ3v) is 7.30. The van der Waals surface area contributed by atoms with E-state index in [0.717, 1.165) is 22.4 Å². The molecule has 3 aromatic carbocycles. The van der Waals surface area contributed by atoms with Crippen LogP contribution in [0.25, 0.3) is 0 Å². The Morgan fingerprint density at radius 1 is 0.605 bits per heavy atom. The zero-order valence-corrected chi connectivity index (χ0v) is 20.9. The van der Waals surface area contributed by atoms with Crippen molar-refractivity contribution in [3.8, 4) is 0 Å². The molecule has 9 nitrogen and oxygen atoms in total. The highest BCUT2D eigenvalue weighted by Gasteiger charge is 2.46. The maximum atomic E-state index is 13.6. The van der Waals surface area contributed by atoms with Crippen LogP contribution in [0.4, 0.5) is 5.69 Å². The van der Waals surface area contributed by atoms with Gasteiger partial charge in [-0.15, -0.1) is 0 Å². The number of nitrogens with one attached hydrogen (secondary N) is 4. The van der Waals surface area contributed by atoms with Crippen LogP contribution < -0.4 is 32.7 Å². The van der Waals surface area contributed by atoms with Crippen LogP contribution >= 0.6 is 0 Å². The van der Waals surface area contributed by atoms with Crippen LogP contribution in [-0.2, 0) is 32.8 Å². The molecule has 0 spiro atoms.